The molecular weight excluding hydrogens is 468 g/mol. The zero-order valence-corrected chi connectivity index (χ0v) is 21.1. The van der Waals surface area contributed by atoms with E-state index in [1.807, 2.05) is 21.9 Å². The molecule has 1 aromatic heterocycles. The number of piperidine rings is 2. The van der Waals surface area contributed by atoms with E-state index in [-0.39, 0.29) is 25.9 Å². The Hall–Kier alpha value is -2.46. The molecule has 1 N–H and O–H groups in total. The van der Waals surface area contributed by atoms with E-state index < -0.39 is 12.2 Å². The second-order valence-electron chi connectivity index (χ2n) is 10.1. The molecule has 5 rings (SSSR count). The van der Waals surface area contributed by atoms with Crippen molar-refractivity contribution in [3.05, 3.63) is 12.1 Å². The van der Waals surface area contributed by atoms with Gasteiger partial charge >= 0.3 is 0 Å². The number of rotatable bonds is 8. The number of hydrogen-bond acceptors (Lipinski definition) is 8. The number of nitrogens with zero attached hydrogens (tertiary/aromatic N) is 5. The lowest BCUT2D eigenvalue weighted by Gasteiger charge is -2.35. The summed E-state index contributed by atoms with van der Waals surface area (Å²) in [6, 6.07) is 3.73. The minimum atomic E-state index is -2.65. The molecule has 1 aromatic carbocycles. The lowest BCUT2D eigenvalue weighted by Crippen LogP contribution is -2.42. The SMILES string of the molecule is COc1cc2c(N3CCCCC3O)nc(N3CCC(F)(F)CC3)nc2cc1OCCCN1CCCC1. The first kappa shape index (κ1) is 25.2. The highest BCUT2D eigenvalue weighted by atomic mass is 19.3. The summed E-state index contributed by atoms with van der Waals surface area (Å²) in [6.45, 7) is 4.95. The van der Waals surface area contributed by atoms with Gasteiger partial charge in [0.05, 0.1) is 19.2 Å². The Morgan fingerprint density at radius 3 is 2.47 bits per heavy atom. The Bertz CT molecular complexity index is 1040. The number of ether oxygens (including phenoxy) is 2. The Labute approximate surface area is 211 Å². The number of hydrogen-bond donors (Lipinski definition) is 1. The summed E-state index contributed by atoms with van der Waals surface area (Å²) in [7, 11) is 1.61. The molecule has 3 aliphatic rings. The molecule has 4 heterocycles. The molecule has 2 aromatic rings. The molecule has 3 saturated heterocycles. The molecule has 0 radical (unpaired) electrons. The molecule has 1 atom stereocenters. The Balaban J connectivity index is 1.45. The maximum absolute atomic E-state index is 13.8. The standard InChI is InChI=1S/C26H37F2N5O3/c1-35-21-17-19-20(18-22(21)36-16-6-12-31-10-4-5-11-31)29-25(32-14-8-26(27,28)9-15-32)30-24(19)33-13-3-2-7-23(33)34/h17-18,23,34H,2-16H2,1H3. The molecule has 0 amide bonds. The highest BCUT2D eigenvalue weighted by molar-refractivity contribution is 5.93. The van der Waals surface area contributed by atoms with Gasteiger partial charge in [-0.05, 0) is 57.7 Å². The van der Waals surface area contributed by atoms with E-state index in [1.54, 1.807) is 7.11 Å². The normalized spacial score (nSPS) is 22.8. The number of aliphatic hydroxyl groups is 1. The molecule has 8 nitrogen and oxygen atoms in total. The average molecular weight is 506 g/mol. The van der Waals surface area contributed by atoms with Crippen LogP contribution in [0.1, 0.15) is 51.4 Å². The van der Waals surface area contributed by atoms with Gasteiger partial charge in [-0.3, -0.25) is 0 Å². The van der Waals surface area contributed by atoms with Crippen LogP contribution in [0.15, 0.2) is 12.1 Å². The minimum absolute atomic E-state index is 0.191. The summed E-state index contributed by atoms with van der Waals surface area (Å²) in [5.41, 5.74) is 0.653. The summed E-state index contributed by atoms with van der Waals surface area (Å²) >= 11 is 0. The van der Waals surface area contributed by atoms with Crippen molar-refractivity contribution < 1.29 is 23.4 Å². The van der Waals surface area contributed by atoms with Crippen molar-refractivity contribution in [3.8, 4) is 11.5 Å². The fraction of sp³-hybridized carbons (Fsp3) is 0.692. The van der Waals surface area contributed by atoms with Gasteiger partial charge in [0, 0.05) is 50.5 Å². The van der Waals surface area contributed by atoms with Crippen LogP contribution in [-0.4, -0.2) is 85.1 Å². The summed E-state index contributed by atoms with van der Waals surface area (Å²) < 4.78 is 39.4. The van der Waals surface area contributed by atoms with E-state index in [2.05, 4.69) is 4.90 Å². The number of likely N-dealkylation sites (tertiary alicyclic amines) is 1. The van der Waals surface area contributed by atoms with Crippen molar-refractivity contribution in [2.75, 3.05) is 62.8 Å². The number of methoxy groups -OCH3 is 1. The molecule has 0 spiro atoms. The van der Waals surface area contributed by atoms with E-state index in [0.717, 1.165) is 44.3 Å². The topological polar surface area (TPSA) is 74.2 Å². The van der Waals surface area contributed by atoms with E-state index in [1.165, 1.54) is 12.8 Å². The van der Waals surface area contributed by atoms with E-state index >= 15 is 0 Å². The van der Waals surface area contributed by atoms with Crippen LogP contribution in [-0.2, 0) is 0 Å². The molecule has 3 aliphatic heterocycles. The monoisotopic (exact) mass is 505 g/mol. The number of fused-ring (bicyclic) bond motifs is 1. The lowest BCUT2D eigenvalue weighted by molar-refractivity contribution is -0.0222. The largest absolute Gasteiger partial charge is 0.493 e. The average Bonchev–Trinajstić information content (AvgIpc) is 3.39. The van der Waals surface area contributed by atoms with Gasteiger partial charge in [0.15, 0.2) is 11.5 Å². The van der Waals surface area contributed by atoms with Crippen LogP contribution >= 0.6 is 0 Å². The van der Waals surface area contributed by atoms with E-state index in [9.17, 15) is 13.9 Å². The van der Waals surface area contributed by atoms with Crippen LogP contribution in [0.2, 0.25) is 0 Å². The van der Waals surface area contributed by atoms with Gasteiger partial charge in [0.25, 0.3) is 5.92 Å². The summed E-state index contributed by atoms with van der Waals surface area (Å²) in [6.07, 6.45) is 4.93. The second-order valence-corrected chi connectivity index (χ2v) is 10.1. The first-order valence-corrected chi connectivity index (χ1v) is 13.3. The predicted molar refractivity (Wildman–Crippen MR) is 135 cm³/mol. The minimum Gasteiger partial charge on any atom is -0.493 e. The van der Waals surface area contributed by atoms with Crippen molar-refractivity contribution in [1.29, 1.82) is 0 Å². The number of alkyl halides is 2. The predicted octanol–water partition coefficient (Wildman–Crippen LogP) is 4.05. The van der Waals surface area contributed by atoms with Crippen LogP contribution in [0, 0.1) is 0 Å². The van der Waals surface area contributed by atoms with Gasteiger partial charge < -0.3 is 29.3 Å². The fourth-order valence-corrected chi connectivity index (χ4v) is 5.41. The van der Waals surface area contributed by atoms with E-state index in [0.29, 0.717) is 48.4 Å². The highest BCUT2D eigenvalue weighted by Crippen LogP contribution is 2.39. The maximum atomic E-state index is 13.8. The van der Waals surface area contributed by atoms with Crippen LogP contribution in [0.5, 0.6) is 11.5 Å². The number of halogens is 2. The third kappa shape index (κ3) is 5.59. The van der Waals surface area contributed by atoms with Crippen LogP contribution in [0.4, 0.5) is 20.5 Å². The maximum Gasteiger partial charge on any atom is 0.251 e. The second kappa shape index (κ2) is 10.9. The molecule has 0 saturated carbocycles. The number of benzene rings is 1. The smallest absolute Gasteiger partial charge is 0.251 e. The quantitative estimate of drug-likeness (QED) is 0.539. The van der Waals surface area contributed by atoms with Crippen molar-refractivity contribution in [2.45, 2.75) is 63.5 Å². The zero-order chi connectivity index (χ0) is 25.1. The fourth-order valence-electron chi connectivity index (χ4n) is 5.41. The van der Waals surface area contributed by atoms with Gasteiger partial charge in [0.2, 0.25) is 5.95 Å². The van der Waals surface area contributed by atoms with Crippen molar-refractivity contribution in [3.63, 3.8) is 0 Å². The number of aromatic nitrogens is 2. The van der Waals surface area contributed by atoms with Gasteiger partial charge in [-0.15, -0.1) is 0 Å². The molecule has 36 heavy (non-hydrogen) atoms. The van der Waals surface area contributed by atoms with Crippen molar-refractivity contribution in [1.82, 2.24) is 14.9 Å². The molecule has 198 valence electrons. The summed E-state index contributed by atoms with van der Waals surface area (Å²) in [5.74, 6) is -0.436. The number of aliphatic hydroxyl groups excluding tert-OH is 1. The van der Waals surface area contributed by atoms with Crippen LogP contribution in [0.3, 0.4) is 0 Å². The first-order chi connectivity index (χ1) is 17.4. The Morgan fingerprint density at radius 1 is 1.00 bits per heavy atom. The first-order valence-electron chi connectivity index (χ1n) is 13.3. The zero-order valence-electron chi connectivity index (χ0n) is 21.1. The summed E-state index contributed by atoms with van der Waals surface area (Å²) in [4.78, 5) is 15.7. The van der Waals surface area contributed by atoms with E-state index in [4.69, 9.17) is 19.4 Å². The van der Waals surface area contributed by atoms with Gasteiger partial charge in [0.1, 0.15) is 12.0 Å². The Morgan fingerprint density at radius 2 is 1.75 bits per heavy atom. The van der Waals surface area contributed by atoms with Crippen molar-refractivity contribution >= 4 is 22.7 Å². The van der Waals surface area contributed by atoms with Gasteiger partial charge in [-0.2, -0.15) is 4.98 Å². The molecular formula is C26H37F2N5O3. The molecule has 3 fully saturated rings. The Kier molecular flexibility index (Phi) is 7.62. The summed E-state index contributed by atoms with van der Waals surface area (Å²) in [5, 5.41) is 11.5. The van der Waals surface area contributed by atoms with Gasteiger partial charge in [-0.25, -0.2) is 13.8 Å². The number of anilines is 2. The highest BCUT2D eigenvalue weighted by Gasteiger charge is 2.35. The van der Waals surface area contributed by atoms with Crippen molar-refractivity contribution in [2.24, 2.45) is 0 Å². The van der Waals surface area contributed by atoms with Crippen LogP contribution in [0.25, 0.3) is 10.9 Å². The molecule has 1 unspecified atom stereocenters. The van der Waals surface area contributed by atoms with Gasteiger partial charge in [-0.1, -0.05) is 0 Å². The molecule has 0 bridgehead atoms. The van der Waals surface area contributed by atoms with Crippen LogP contribution < -0.4 is 19.3 Å². The molecule has 10 heteroatoms. The third-order valence-electron chi connectivity index (χ3n) is 7.55. The lowest BCUT2D eigenvalue weighted by atomic mass is 10.1. The molecule has 0 aliphatic carbocycles. The third-order valence-corrected chi connectivity index (χ3v) is 7.55.